The molecule has 3 heterocycles. The predicted octanol–water partition coefficient (Wildman–Crippen LogP) is 1.20. The van der Waals surface area contributed by atoms with E-state index >= 15 is 0 Å². The highest BCUT2D eigenvalue weighted by Gasteiger charge is 2.18. The van der Waals surface area contributed by atoms with Gasteiger partial charge in [-0.3, -0.25) is 0 Å². The molecule has 3 rings (SSSR count). The molecule has 0 spiro atoms. The molecule has 1 atom stereocenters. The van der Waals surface area contributed by atoms with Gasteiger partial charge in [0.2, 0.25) is 5.95 Å². The molecule has 6 nitrogen and oxygen atoms in total. The second-order valence-corrected chi connectivity index (χ2v) is 5.46. The zero-order valence-electron chi connectivity index (χ0n) is 9.96. The largest absolute Gasteiger partial charge is 0.342 e. The van der Waals surface area contributed by atoms with E-state index in [0.717, 1.165) is 48.4 Å². The summed E-state index contributed by atoms with van der Waals surface area (Å²) in [6.45, 7) is 1.92. The minimum atomic E-state index is 0.307. The van der Waals surface area contributed by atoms with Crippen LogP contribution in [0.5, 0.6) is 0 Å². The molecule has 1 aliphatic heterocycles. The van der Waals surface area contributed by atoms with Crippen LogP contribution in [-0.2, 0) is 0 Å². The maximum absolute atomic E-state index is 6.01. The lowest BCUT2D eigenvalue weighted by Gasteiger charge is -2.22. The van der Waals surface area contributed by atoms with Crippen LogP contribution in [0.1, 0.15) is 19.3 Å². The lowest BCUT2D eigenvalue weighted by atomic mass is 10.1. The number of halogens is 1. The summed E-state index contributed by atoms with van der Waals surface area (Å²) in [5.41, 5.74) is 6.81. The molecule has 0 saturated carbocycles. The van der Waals surface area contributed by atoms with Gasteiger partial charge in [0.05, 0.1) is 4.47 Å². The van der Waals surface area contributed by atoms with Crippen LogP contribution in [0.3, 0.4) is 0 Å². The van der Waals surface area contributed by atoms with Crippen LogP contribution >= 0.6 is 15.9 Å². The molecule has 0 aromatic carbocycles. The third kappa shape index (κ3) is 2.08. The second-order valence-electron chi connectivity index (χ2n) is 4.61. The molecule has 1 aliphatic rings. The van der Waals surface area contributed by atoms with E-state index in [1.807, 2.05) is 4.40 Å². The average molecular weight is 311 g/mol. The summed E-state index contributed by atoms with van der Waals surface area (Å²) in [4.78, 5) is 6.75. The second kappa shape index (κ2) is 4.81. The van der Waals surface area contributed by atoms with Crippen molar-refractivity contribution in [2.45, 2.75) is 25.3 Å². The van der Waals surface area contributed by atoms with Crippen molar-refractivity contribution in [2.24, 2.45) is 5.73 Å². The monoisotopic (exact) mass is 310 g/mol. The summed E-state index contributed by atoms with van der Waals surface area (Å²) in [5.74, 6) is 0.896. The number of hydrogen-bond acceptors (Lipinski definition) is 5. The molecule has 0 amide bonds. The zero-order chi connectivity index (χ0) is 12.5. The molecule has 7 heteroatoms. The Morgan fingerprint density at radius 2 is 2.22 bits per heavy atom. The average Bonchev–Trinajstić information content (AvgIpc) is 2.75. The van der Waals surface area contributed by atoms with Gasteiger partial charge in [-0.15, -0.1) is 10.2 Å². The molecule has 2 aromatic rings. The van der Waals surface area contributed by atoms with Gasteiger partial charge in [-0.25, -0.2) is 9.38 Å². The molecule has 2 aromatic heterocycles. The van der Waals surface area contributed by atoms with E-state index in [1.54, 1.807) is 12.5 Å². The van der Waals surface area contributed by atoms with Crippen molar-refractivity contribution in [3.8, 4) is 0 Å². The Hall–Kier alpha value is -1.21. The van der Waals surface area contributed by atoms with Crippen LogP contribution < -0.4 is 10.6 Å². The van der Waals surface area contributed by atoms with Crippen molar-refractivity contribution in [1.29, 1.82) is 0 Å². The molecule has 0 radical (unpaired) electrons. The molecule has 96 valence electrons. The molecule has 1 fully saturated rings. The first kappa shape index (κ1) is 11.9. The number of aromatic nitrogens is 4. The van der Waals surface area contributed by atoms with Crippen molar-refractivity contribution >= 4 is 27.5 Å². The number of nitrogens with two attached hydrogens (primary N) is 1. The third-order valence-electron chi connectivity index (χ3n) is 3.33. The van der Waals surface area contributed by atoms with Crippen molar-refractivity contribution in [3.05, 3.63) is 17.0 Å². The fourth-order valence-corrected chi connectivity index (χ4v) is 2.71. The predicted molar refractivity (Wildman–Crippen MR) is 72.5 cm³/mol. The Labute approximate surface area is 113 Å². The topological polar surface area (TPSA) is 72.3 Å². The Morgan fingerprint density at radius 3 is 3.11 bits per heavy atom. The van der Waals surface area contributed by atoms with Gasteiger partial charge in [0.1, 0.15) is 6.33 Å². The minimum absolute atomic E-state index is 0.307. The molecule has 2 N–H and O–H groups in total. The van der Waals surface area contributed by atoms with Crippen LogP contribution in [0.25, 0.3) is 5.65 Å². The first-order valence-corrected chi connectivity index (χ1v) is 6.90. The van der Waals surface area contributed by atoms with Gasteiger partial charge in [-0.05, 0) is 35.2 Å². The Bertz CT molecular complexity index is 553. The molecule has 1 saturated heterocycles. The lowest BCUT2D eigenvalue weighted by molar-refractivity contribution is 0.601. The smallest absolute Gasteiger partial charge is 0.212 e. The lowest BCUT2D eigenvalue weighted by Crippen LogP contribution is -2.28. The van der Waals surface area contributed by atoms with E-state index < -0.39 is 0 Å². The SMILES string of the molecule is N[C@@H]1CCCN(c2ncc(Br)c3nncn23)CC1. The summed E-state index contributed by atoms with van der Waals surface area (Å²) in [7, 11) is 0. The molecule has 18 heavy (non-hydrogen) atoms. The van der Waals surface area contributed by atoms with Gasteiger partial charge in [-0.2, -0.15) is 0 Å². The molecular formula is C11H15BrN6. The molecule has 0 unspecified atom stereocenters. The molecular weight excluding hydrogens is 296 g/mol. The van der Waals surface area contributed by atoms with Crippen molar-refractivity contribution in [3.63, 3.8) is 0 Å². The highest BCUT2D eigenvalue weighted by Crippen LogP contribution is 2.22. The highest BCUT2D eigenvalue weighted by atomic mass is 79.9. The first-order valence-electron chi connectivity index (χ1n) is 6.10. The van der Waals surface area contributed by atoms with Crippen molar-refractivity contribution in [1.82, 2.24) is 19.6 Å². The normalized spacial score (nSPS) is 21.2. The van der Waals surface area contributed by atoms with Gasteiger partial charge in [-0.1, -0.05) is 0 Å². The number of anilines is 1. The summed E-state index contributed by atoms with van der Waals surface area (Å²) >= 11 is 3.43. The van der Waals surface area contributed by atoms with E-state index in [1.165, 1.54) is 0 Å². The summed E-state index contributed by atoms with van der Waals surface area (Å²) in [6.07, 6.45) is 6.67. The van der Waals surface area contributed by atoms with E-state index in [9.17, 15) is 0 Å². The van der Waals surface area contributed by atoms with Crippen LogP contribution in [0, 0.1) is 0 Å². The van der Waals surface area contributed by atoms with Crippen LogP contribution in [0.2, 0.25) is 0 Å². The van der Waals surface area contributed by atoms with Gasteiger partial charge in [0.25, 0.3) is 0 Å². The van der Waals surface area contributed by atoms with E-state index in [-0.39, 0.29) is 0 Å². The zero-order valence-corrected chi connectivity index (χ0v) is 11.5. The quantitative estimate of drug-likeness (QED) is 0.857. The minimum Gasteiger partial charge on any atom is -0.342 e. The highest BCUT2D eigenvalue weighted by molar-refractivity contribution is 9.10. The summed E-state index contributed by atoms with van der Waals surface area (Å²) < 4.78 is 2.77. The van der Waals surface area contributed by atoms with Gasteiger partial charge >= 0.3 is 0 Å². The van der Waals surface area contributed by atoms with E-state index in [4.69, 9.17) is 5.73 Å². The van der Waals surface area contributed by atoms with E-state index in [2.05, 4.69) is 36.0 Å². The van der Waals surface area contributed by atoms with Crippen LogP contribution in [0.4, 0.5) is 5.95 Å². The standard InChI is InChI=1S/C11H15BrN6/c12-9-6-14-11(18-7-15-16-10(9)18)17-4-1-2-8(13)3-5-17/h6-8H,1-5,13H2/t8-/m1/s1. The number of hydrogen-bond donors (Lipinski definition) is 1. The number of rotatable bonds is 1. The Balaban J connectivity index is 1.98. The molecule has 0 bridgehead atoms. The van der Waals surface area contributed by atoms with Crippen molar-refractivity contribution in [2.75, 3.05) is 18.0 Å². The fraction of sp³-hybridized carbons (Fsp3) is 0.545. The fourth-order valence-electron chi connectivity index (χ4n) is 2.33. The maximum Gasteiger partial charge on any atom is 0.212 e. The number of nitrogens with zero attached hydrogens (tertiary/aromatic N) is 5. The summed E-state index contributed by atoms with van der Waals surface area (Å²) in [6, 6.07) is 0.307. The maximum atomic E-state index is 6.01. The van der Waals surface area contributed by atoms with Gasteiger partial charge in [0, 0.05) is 25.3 Å². The van der Waals surface area contributed by atoms with Crippen LogP contribution in [0.15, 0.2) is 17.0 Å². The van der Waals surface area contributed by atoms with Crippen molar-refractivity contribution < 1.29 is 0 Å². The van der Waals surface area contributed by atoms with Gasteiger partial charge < -0.3 is 10.6 Å². The van der Waals surface area contributed by atoms with E-state index in [0.29, 0.717) is 6.04 Å². The first-order chi connectivity index (χ1) is 8.75. The third-order valence-corrected chi connectivity index (χ3v) is 3.89. The van der Waals surface area contributed by atoms with Crippen LogP contribution in [-0.4, -0.2) is 38.7 Å². The molecule has 0 aliphatic carbocycles. The Kier molecular flexibility index (Phi) is 3.17. The number of fused-ring (bicyclic) bond motifs is 1. The Morgan fingerprint density at radius 1 is 1.33 bits per heavy atom. The summed E-state index contributed by atoms with van der Waals surface area (Å²) in [5, 5.41) is 8.03. The van der Waals surface area contributed by atoms with Gasteiger partial charge in [0.15, 0.2) is 5.65 Å².